The van der Waals surface area contributed by atoms with Gasteiger partial charge in [-0.25, -0.2) is 4.98 Å². The number of rotatable bonds is 6. The second-order valence-corrected chi connectivity index (χ2v) is 9.43. The van der Waals surface area contributed by atoms with E-state index in [1.165, 1.54) is 11.3 Å². The molecule has 6 rings (SSSR count). The Kier molecular flexibility index (Phi) is 5.42. The zero-order valence-corrected chi connectivity index (χ0v) is 19.4. The van der Waals surface area contributed by atoms with Crippen molar-refractivity contribution < 1.29 is 19.1 Å². The molecule has 0 spiro atoms. The number of nitrogens with zero attached hydrogens (tertiary/aromatic N) is 1. The normalized spacial score (nSPS) is 13.9. The molecule has 35 heavy (non-hydrogen) atoms. The Morgan fingerprint density at radius 1 is 0.829 bits per heavy atom. The van der Waals surface area contributed by atoms with Crippen LogP contribution in [0.4, 0.5) is 11.4 Å². The van der Waals surface area contributed by atoms with Gasteiger partial charge in [-0.05, 0) is 37.1 Å². The highest BCUT2D eigenvalue weighted by molar-refractivity contribution is 7.17. The lowest BCUT2D eigenvalue weighted by atomic mass is 10.1. The fourth-order valence-corrected chi connectivity index (χ4v) is 4.85. The first-order valence-corrected chi connectivity index (χ1v) is 12.1. The van der Waals surface area contributed by atoms with Crippen molar-refractivity contribution in [2.45, 2.75) is 12.8 Å². The van der Waals surface area contributed by atoms with Crippen LogP contribution in [0.15, 0.2) is 72.8 Å². The summed E-state index contributed by atoms with van der Waals surface area (Å²) < 4.78 is 10.8. The number of benzene rings is 3. The van der Waals surface area contributed by atoms with E-state index in [4.69, 9.17) is 14.5 Å². The molecule has 0 bridgehead atoms. The van der Waals surface area contributed by atoms with Gasteiger partial charge in [-0.1, -0.05) is 42.5 Å². The molecule has 1 aromatic heterocycles. The molecular weight excluding hydrogens is 462 g/mol. The number of thiazole rings is 1. The van der Waals surface area contributed by atoms with E-state index in [9.17, 15) is 9.59 Å². The Morgan fingerprint density at radius 2 is 1.60 bits per heavy atom. The van der Waals surface area contributed by atoms with Crippen LogP contribution in [0.3, 0.4) is 0 Å². The minimum atomic E-state index is -0.260. The van der Waals surface area contributed by atoms with Crippen molar-refractivity contribution in [3.63, 3.8) is 0 Å². The molecule has 0 saturated heterocycles. The van der Waals surface area contributed by atoms with Gasteiger partial charge in [0.1, 0.15) is 9.88 Å². The summed E-state index contributed by atoms with van der Waals surface area (Å²) in [6.07, 6.45) is 1.89. The summed E-state index contributed by atoms with van der Waals surface area (Å²) in [6, 6.07) is 22.5. The maximum Gasteiger partial charge on any atom is 0.268 e. The fourth-order valence-electron chi connectivity index (χ4n) is 3.87. The molecule has 3 aromatic carbocycles. The second kappa shape index (κ2) is 8.88. The molecule has 1 aliphatic carbocycles. The van der Waals surface area contributed by atoms with Crippen molar-refractivity contribution in [2.24, 2.45) is 5.92 Å². The fraction of sp³-hybridized carbons (Fsp3) is 0.148. The monoisotopic (exact) mass is 483 g/mol. The van der Waals surface area contributed by atoms with Crippen LogP contribution in [0, 0.1) is 5.92 Å². The highest BCUT2D eigenvalue weighted by Gasteiger charge is 2.29. The summed E-state index contributed by atoms with van der Waals surface area (Å²) in [5.74, 6) is 1.16. The molecule has 2 heterocycles. The molecule has 2 N–H and O–H groups in total. The number of fused-ring (bicyclic) bond motifs is 1. The van der Waals surface area contributed by atoms with Crippen molar-refractivity contribution >= 4 is 34.5 Å². The minimum Gasteiger partial charge on any atom is -0.454 e. The van der Waals surface area contributed by atoms with Gasteiger partial charge < -0.3 is 20.1 Å². The second-order valence-electron chi connectivity index (χ2n) is 8.43. The number of hydrogen-bond donors (Lipinski definition) is 2. The Morgan fingerprint density at radius 3 is 2.43 bits per heavy atom. The van der Waals surface area contributed by atoms with Gasteiger partial charge in [0.05, 0.1) is 5.69 Å². The largest absolute Gasteiger partial charge is 0.454 e. The van der Waals surface area contributed by atoms with Gasteiger partial charge in [-0.2, -0.15) is 0 Å². The molecule has 1 saturated carbocycles. The van der Waals surface area contributed by atoms with E-state index < -0.39 is 0 Å². The van der Waals surface area contributed by atoms with Crippen LogP contribution in [0.5, 0.6) is 11.5 Å². The number of nitrogens with one attached hydrogen (secondary N) is 2. The molecule has 174 valence electrons. The zero-order valence-electron chi connectivity index (χ0n) is 18.6. The van der Waals surface area contributed by atoms with Crippen molar-refractivity contribution in [1.82, 2.24) is 4.98 Å². The molecule has 8 heteroatoms. The van der Waals surface area contributed by atoms with Crippen molar-refractivity contribution in [1.29, 1.82) is 0 Å². The Bertz CT molecular complexity index is 1430. The predicted molar refractivity (Wildman–Crippen MR) is 135 cm³/mol. The molecular formula is C27H21N3O4S. The first kappa shape index (κ1) is 21.4. The average Bonchev–Trinajstić information content (AvgIpc) is 3.47. The smallest absolute Gasteiger partial charge is 0.268 e. The standard InChI is InChI=1S/C27H21N3O4S/c31-25(17-9-10-17)28-19-8-4-7-18(13-19)27-30-23(16-5-2-1-3-6-16)24(35-27)26(32)29-20-11-12-21-22(14-20)34-15-33-21/h1-8,11-14,17H,9-10,15H2,(H,28,31)(H,29,32). The maximum absolute atomic E-state index is 13.4. The number of ether oxygens (including phenoxy) is 2. The topological polar surface area (TPSA) is 89.5 Å². The highest BCUT2D eigenvalue weighted by atomic mass is 32.1. The van der Waals surface area contributed by atoms with Crippen molar-refractivity contribution in [3.05, 3.63) is 77.7 Å². The van der Waals surface area contributed by atoms with E-state index in [0.717, 1.165) is 29.7 Å². The third-order valence-electron chi connectivity index (χ3n) is 5.84. The Labute approximate surface area is 205 Å². The number of aromatic nitrogens is 1. The van der Waals surface area contributed by atoms with Crippen LogP contribution < -0.4 is 20.1 Å². The van der Waals surface area contributed by atoms with Crippen LogP contribution >= 0.6 is 11.3 Å². The summed E-state index contributed by atoms with van der Waals surface area (Å²) in [5, 5.41) is 6.63. The summed E-state index contributed by atoms with van der Waals surface area (Å²) in [7, 11) is 0. The first-order valence-electron chi connectivity index (χ1n) is 11.3. The van der Waals surface area contributed by atoms with Crippen LogP contribution in [0.1, 0.15) is 22.5 Å². The van der Waals surface area contributed by atoms with Crippen LogP contribution in [-0.4, -0.2) is 23.6 Å². The van der Waals surface area contributed by atoms with E-state index >= 15 is 0 Å². The maximum atomic E-state index is 13.4. The number of anilines is 2. The zero-order chi connectivity index (χ0) is 23.8. The lowest BCUT2D eigenvalue weighted by Gasteiger charge is -2.06. The van der Waals surface area contributed by atoms with Crippen LogP contribution in [0.25, 0.3) is 21.8 Å². The van der Waals surface area contributed by atoms with E-state index in [0.29, 0.717) is 32.8 Å². The van der Waals surface area contributed by atoms with Gasteiger partial charge in [0.2, 0.25) is 12.7 Å². The number of carbonyl (C=O) groups excluding carboxylic acids is 2. The summed E-state index contributed by atoms with van der Waals surface area (Å²) in [6.45, 7) is 0.170. The molecule has 0 unspecified atom stereocenters. The van der Waals surface area contributed by atoms with Gasteiger partial charge in [0, 0.05) is 34.5 Å². The van der Waals surface area contributed by atoms with Gasteiger partial charge >= 0.3 is 0 Å². The highest BCUT2D eigenvalue weighted by Crippen LogP contribution is 2.37. The molecule has 4 aromatic rings. The lowest BCUT2D eigenvalue weighted by molar-refractivity contribution is -0.117. The third kappa shape index (κ3) is 4.48. The first-order chi connectivity index (χ1) is 17.1. The molecule has 2 amide bonds. The van der Waals surface area contributed by atoms with Crippen LogP contribution in [-0.2, 0) is 4.79 Å². The lowest BCUT2D eigenvalue weighted by Crippen LogP contribution is -2.13. The summed E-state index contributed by atoms with van der Waals surface area (Å²) in [4.78, 5) is 30.9. The number of carbonyl (C=O) groups is 2. The molecule has 1 aliphatic heterocycles. The summed E-state index contributed by atoms with van der Waals surface area (Å²) in [5.41, 5.74) is 3.63. The van der Waals surface area contributed by atoms with E-state index in [-0.39, 0.29) is 24.5 Å². The predicted octanol–water partition coefficient (Wildman–Crippen LogP) is 5.81. The molecule has 0 radical (unpaired) electrons. The average molecular weight is 484 g/mol. The van der Waals surface area contributed by atoms with E-state index in [2.05, 4.69) is 10.6 Å². The molecule has 7 nitrogen and oxygen atoms in total. The Balaban J connectivity index is 1.33. The summed E-state index contributed by atoms with van der Waals surface area (Å²) >= 11 is 1.31. The van der Waals surface area contributed by atoms with Crippen molar-refractivity contribution in [2.75, 3.05) is 17.4 Å². The number of amides is 2. The molecule has 2 aliphatic rings. The molecule has 0 atom stereocenters. The third-order valence-corrected chi connectivity index (χ3v) is 6.94. The number of hydrogen-bond acceptors (Lipinski definition) is 6. The minimum absolute atomic E-state index is 0.0510. The van der Waals surface area contributed by atoms with Gasteiger partial charge in [0.15, 0.2) is 11.5 Å². The van der Waals surface area contributed by atoms with Gasteiger partial charge in [-0.3, -0.25) is 9.59 Å². The van der Waals surface area contributed by atoms with E-state index in [1.807, 2.05) is 54.6 Å². The molecule has 1 fully saturated rings. The van der Waals surface area contributed by atoms with Crippen LogP contribution in [0.2, 0.25) is 0 Å². The van der Waals surface area contributed by atoms with E-state index in [1.54, 1.807) is 18.2 Å². The van der Waals surface area contributed by atoms with Gasteiger partial charge in [-0.15, -0.1) is 11.3 Å². The Hall–Kier alpha value is -4.17. The van der Waals surface area contributed by atoms with Gasteiger partial charge in [0.25, 0.3) is 5.91 Å². The quantitative estimate of drug-likeness (QED) is 0.361. The SMILES string of the molecule is O=C(Nc1ccc2c(c1)OCO2)c1sc(-c2cccc(NC(=O)C3CC3)c2)nc1-c1ccccc1. The van der Waals surface area contributed by atoms with Crippen molar-refractivity contribution in [3.8, 4) is 33.3 Å².